The van der Waals surface area contributed by atoms with Crippen LogP contribution in [0.2, 0.25) is 0 Å². The molecule has 27 heavy (non-hydrogen) atoms. The minimum atomic E-state index is -1.07. The Labute approximate surface area is 156 Å². The van der Waals surface area contributed by atoms with Crippen LogP contribution in [0.4, 0.5) is 5.69 Å². The first-order chi connectivity index (χ1) is 13.1. The van der Waals surface area contributed by atoms with Crippen LogP contribution in [0.15, 0.2) is 54.6 Å². The Bertz CT molecular complexity index is 954. The molecule has 5 atom stereocenters. The molecule has 5 heteroatoms. The van der Waals surface area contributed by atoms with Gasteiger partial charge in [-0.15, -0.1) is 0 Å². The number of amides is 2. The van der Waals surface area contributed by atoms with E-state index in [0.717, 1.165) is 12.8 Å². The minimum absolute atomic E-state index is 0.0790. The van der Waals surface area contributed by atoms with Crippen molar-refractivity contribution in [1.82, 2.24) is 0 Å². The summed E-state index contributed by atoms with van der Waals surface area (Å²) < 4.78 is 0. The van der Waals surface area contributed by atoms with Crippen LogP contribution in [-0.4, -0.2) is 22.9 Å². The summed E-state index contributed by atoms with van der Waals surface area (Å²) in [5, 5.41) is 9.21. The Kier molecular flexibility index (Phi) is 3.47. The number of anilines is 1. The lowest BCUT2D eigenvalue weighted by Gasteiger charge is -2.28. The van der Waals surface area contributed by atoms with Crippen molar-refractivity contribution in [3.05, 3.63) is 65.7 Å². The van der Waals surface area contributed by atoms with Crippen LogP contribution in [0.1, 0.15) is 34.7 Å². The normalized spacial score (nSPS) is 31.4. The highest BCUT2D eigenvalue weighted by Gasteiger charge is 2.64. The van der Waals surface area contributed by atoms with Crippen LogP contribution < -0.4 is 4.90 Å². The molecule has 1 heterocycles. The van der Waals surface area contributed by atoms with Crippen molar-refractivity contribution >= 4 is 23.5 Å². The molecule has 2 saturated carbocycles. The number of aromatic carboxylic acids is 1. The molecule has 5 rings (SSSR count). The fraction of sp³-hybridized carbons (Fsp3) is 0.318. The van der Waals surface area contributed by atoms with Crippen molar-refractivity contribution in [2.75, 3.05) is 4.90 Å². The molecule has 1 aliphatic heterocycles. The standard InChI is InChI=1S/C22H19NO4/c24-20-18-14-10-16(12-5-2-1-3-6-12)17(11-14)19(18)21(25)23(20)15-8-4-7-13(9-15)22(26)27/h1-9,14,16-19H,10-11H2,(H,26,27)/t14-,16-,17+,18+,19+/m0/s1. The van der Waals surface area contributed by atoms with E-state index in [4.69, 9.17) is 0 Å². The molecule has 3 aliphatic rings. The largest absolute Gasteiger partial charge is 0.478 e. The van der Waals surface area contributed by atoms with Gasteiger partial charge in [-0.25, -0.2) is 4.79 Å². The molecule has 2 amide bonds. The first kappa shape index (κ1) is 16.2. The van der Waals surface area contributed by atoms with Gasteiger partial charge in [-0.2, -0.15) is 0 Å². The summed E-state index contributed by atoms with van der Waals surface area (Å²) >= 11 is 0. The smallest absolute Gasteiger partial charge is 0.335 e. The van der Waals surface area contributed by atoms with Crippen molar-refractivity contribution in [2.45, 2.75) is 18.8 Å². The maximum Gasteiger partial charge on any atom is 0.335 e. The van der Waals surface area contributed by atoms with E-state index in [-0.39, 0.29) is 41.0 Å². The highest BCUT2D eigenvalue weighted by Crippen LogP contribution is 2.61. The van der Waals surface area contributed by atoms with E-state index in [0.29, 0.717) is 11.6 Å². The number of nitrogens with zero attached hydrogens (tertiary/aromatic N) is 1. The lowest BCUT2D eigenvalue weighted by molar-refractivity contribution is -0.123. The fourth-order valence-corrected chi connectivity index (χ4v) is 5.58. The summed E-state index contributed by atoms with van der Waals surface area (Å²) in [6, 6.07) is 16.3. The van der Waals surface area contributed by atoms with Gasteiger partial charge in [0.05, 0.1) is 23.1 Å². The molecular formula is C22H19NO4. The Morgan fingerprint density at radius 2 is 1.67 bits per heavy atom. The predicted octanol–water partition coefficient (Wildman–Crippen LogP) is 3.31. The molecule has 2 aliphatic carbocycles. The van der Waals surface area contributed by atoms with Crippen LogP contribution >= 0.6 is 0 Å². The van der Waals surface area contributed by atoms with Gasteiger partial charge in [0, 0.05) is 0 Å². The summed E-state index contributed by atoms with van der Waals surface area (Å²) in [7, 11) is 0. The Morgan fingerprint density at radius 1 is 0.926 bits per heavy atom. The SMILES string of the molecule is O=C(O)c1cccc(N2C(=O)[C@@H]3[C@@H]4C[C@@H]([C@H]3C2=O)[C@H](c2ccccc2)C4)c1. The maximum absolute atomic E-state index is 13.2. The van der Waals surface area contributed by atoms with Crippen LogP contribution in [0.3, 0.4) is 0 Å². The number of hydrogen-bond donors (Lipinski definition) is 1. The summed E-state index contributed by atoms with van der Waals surface area (Å²) in [6.07, 6.45) is 1.87. The molecule has 2 aromatic rings. The quantitative estimate of drug-likeness (QED) is 0.851. The van der Waals surface area contributed by atoms with Crippen LogP contribution in [0.5, 0.6) is 0 Å². The second-order valence-electron chi connectivity index (χ2n) is 7.83. The van der Waals surface area contributed by atoms with Crippen molar-refractivity contribution < 1.29 is 19.5 Å². The van der Waals surface area contributed by atoms with Crippen molar-refractivity contribution in [3.63, 3.8) is 0 Å². The minimum Gasteiger partial charge on any atom is -0.478 e. The molecule has 0 radical (unpaired) electrons. The van der Waals surface area contributed by atoms with E-state index in [1.165, 1.54) is 22.6 Å². The molecule has 5 nitrogen and oxygen atoms in total. The van der Waals surface area contributed by atoms with Gasteiger partial charge in [0.25, 0.3) is 0 Å². The number of fused-ring (bicyclic) bond motifs is 5. The van der Waals surface area contributed by atoms with Gasteiger partial charge < -0.3 is 5.11 Å². The predicted molar refractivity (Wildman–Crippen MR) is 98.3 cm³/mol. The number of rotatable bonds is 3. The number of benzene rings is 2. The summed E-state index contributed by atoms with van der Waals surface area (Å²) in [6.45, 7) is 0. The molecule has 3 fully saturated rings. The van der Waals surface area contributed by atoms with Gasteiger partial charge in [-0.1, -0.05) is 36.4 Å². The molecule has 136 valence electrons. The zero-order chi connectivity index (χ0) is 18.7. The zero-order valence-corrected chi connectivity index (χ0v) is 14.6. The van der Waals surface area contributed by atoms with Crippen molar-refractivity contribution in [2.24, 2.45) is 23.7 Å². The van der Waals surface area contributed by atoms with Gasteiger partial charge in [0.1, 0.15) is 0 Å². The number of hydrogen-bond acceptors (Lipinski definition) is 3. The van der Waals surface area contributed by atoms with E-state index in [9.17, 15) is 19.5 Å². The lowest BCUT2D eigenvalue weighted by atomic mass is 9.73. The second kappa shape index (κ2) is 5.78. The molecule has 0 aromatic heterocycles. The number of imide groups is 1. The summed E-state index contributed by atoms with van der Waals surface area (Å²) in [4.78, 5) is 38.8. The monoisotopic (exact) mass is 361 g/mol. The third kappa shape index (κ3) is 2.27. The maximum atomic E-state index is 13.2. The van der Waals surface area contributed by atoms with Gasteiger partial charge in [-0.05, 0) is 54.4 Å². The average Bonchev–Trinajstić information content (AvgIpc) is 3.34. The molecular weight excluding hydrogens is 342 g/mol. The number of carboxylic acids is 1. The van der Waals surface area contributed by atoms with E-state index < -0.39 is 5.97 Å². The highest BCUT2D eigenvalue weighted by molar-refractivity contribution is 6.22. The molecule has 0 unspecified atom stereocenters. The fourth-order valence-electron chi connectivity index (χ4n) is 5.58. The van der Waals surface area contributed by atoms with Gasteiger partial charge >= 0.3 is 5.97 Å². The van der Waals surface area contributed by atoms with Gasteiger partial charge in [-0.3, -0.25) is 14.5 Å². The highest BCUT2D eigenvalue weighted by atomic mass is 16.4. The molecule has 0 spiro atoms. The Hall–Kier alpha value is -2.95. The van der Waals surface area contributed by atoms with Crippen LogP contribution in [-0.2, 0) is 9.59 Å². The number of carboxylic acid groups (broad SMARTS) is 1. The molecule has 1 saturated heterocycles. The van der Waals surface area contributed by atoms with E-state index in [1.54, 1.807) is 12.1 Å². The van der Waals surface area contributed by atoms with Crippen molar-refractivity contribution in [1.29, 1.82) is 0 Å². The van der Waals surface area contributed by atoms with Crippen LogP contribution in [0.25, 0.3) is 0 Å². The first-order valence-electron chi connectivity index (χ1n) is 9.32. The first-order valence-corrected chi connectivity index (χ1v) is 9.32. The van der Waals surface area contributed by atoms with Gasteiger partial charge in [0.2, 0.25) is 11.8 Å². The average molecular weight is 361 g/mol. The molecule has 1 N–H and O–H groups in total. The number of carbonyl (C=O) groups is 3. The van der Waals surface area contributed by atoms with Crippen LogP contribution in [0, 0.1) is 23.7 Å². The molecule has 2 bridgehead atoms. The topological polar surface area (TPSA) is 74.7 Å². The summed E-state index contributed by atoms with van der Waals surface area (Å²) in [5.74, 6) is -1.20. The van der Waals surface area contributed by atoms with Gasteiger partial charge in [0.15, 0.2) is 0 Å². The Balaban J connectivity index is 1.49. The van der Waals surface area contributed by atoms with E-state index >= 15 is 0 Å². The number of carbonyl (C=O) groups excluding carboxylic acids is 2. The van der Waals surface area contributed by atoms with E-state index in [2.05, 4.69) is 12.1 Å². The third-order valence-corrected chi connectivity index (χ3v) is 6.59. The molecule has 2 aromatic carbocycles. The summed E-state index contributed by atoms with van der Waals surface area (Å²) in [5.41, 5.74) is 1.69. The lowest BCUT2D eigenvalue weighted by Crippen LogP contribution is -2.33. The third-order valence-electron chi connectivity index (χ3n) is 6.59. The van der Waals surface area contributed by atoms with Crippen molar-refractivity contribution in [3.8, 4) is 0 Å². The second-order valence-corrected chi connectivity index (χ2v) is 7.83. The zero-order valence-electron chi connectivity index (χ0n) is 14.6. The van der Waals surface area contributed by atoms with E-state index in [1.807, 2.05) is 18.2 Å². The Morgan fingerprint density at radius 3 is 2.41 bits per heavy atom.